The second-order valence-corrected chi connectivity index (χ2v) is 5.58. The van der Waals surface area contributed by atoms with Crippen LogP contribution >= 0.6 is 0 Å². The van der Waals surface area contributed by atoms with Crippen LogP contribution in [0.3, 0.4) is 0 Å². The number of carbonyl (C=O) groups excluding carboxylic acids is 1. The summed E-state index contributed by atoms with van der Waals surface area (Å²) in [7, 11) is 1.68. The lowest BCUT2D eigenvalue weighted by atomic mass is 10.2. The number of hydrogen-bond donors (Lipinski definition) is 0. The van der Waals surface area contributed by atoms with E-state index in [1.807, 2.05) is 30.3 Å². The predicted molar refractivity (Wildman–Crippen MR) is 88.9 cm³/mol. The summed E-state index contributed by atoms with van der Waals surface area (Å²) in [6.45, 7) is 2.09. The van der Waals surface area contributed by atoms with Gasteiger partial charge in [0.05, 0.1) is 0 Å². The number of aromatic nitrogens is 1. The van der Waals surface area contributed by atoms with E-state index in [4.69, 9.17) is 4.42 Å². The number of hydrogen-bond acceptors (Lipinski definition) is 3. The molecule has 0 spiro atoms. The highest BCUT2D eigenvalue weighted by Crippen LogP contribution is 2.22. The Morgan fingerprint density at radius 2 is 1.79 bits per heavy atom. The average Bonchev–Trinajstić information content (AvgIpc) is 2.99. The first-order chi connectivity index (χ1) is 11.5. The molecule has 0 fully saturated rings. The van der Waals surface area contributed by atoms with Gasteiger partial charge in [0.2, 0.25) is 5.89 Å². The third-order valence-electron chi connectivity index (χ3n) is 3.70. The molecular weight excluding hydrogens is 307 g/mol. The average molecular weight is 324 g/mol. The van der Waals surface area contributed by atoms with Crippen molar-refractivity contribution in [2.75, 3.05) is 7.05 Å². The quantitative estimate of drug-likeness (QED) is 0.727. The highest BCUT2D eigenvalue weighted by molar-refractivity contribution is 5.93. The van der Waals surface area contributed by atoms with Crippen LogP contribution in [0.2, 0.25) is 0 Å². The molecule has 0 atom stereocenters. The van der Waals surface area contributed by atoms with Crippen LogP contribution in [-0.2, 0) is 6.54 Å². The third kappa shape index (κ3) is 3.35. The topological polar surface area (TPSA) is 46.3 Å². The number of nitrogens with zero attached hydrogens (tertiary/aromatic N) is 2. The summed E-state index contributed by atoms with van der Waals surface area (Å²) in [5.41, 5.74) is 1.95. The molecule has 0 unspecified atom stereocenters. The molecule has 1 amide bonds. The number of aryl methyl sites for hydroxylation is 1. The molecule has 2 aromatic carbocycles. The van der Waals surface area contributed by atoms with Crippen LogP contribution in [-0.4, -0.2) is 22.8 Å². The first-order valence-corrected chi connectivity index (χ1v) is 7.57. The van der Waals surface area contributed by atoms with Crippen molar-refractivity contribution in [3.05, 3.63) is 77.4 Å². The number of carbonyl (C=O) groups is 1. The second kappa shape index (κ2) is 6.66. The van der Waals surface area contributed by atoms with E-state index in [2.05, 4.69) is 4.98 Å². The molecule has 5 heteroatoms. The van der Waals surface area contributed by atoms with Gasteiger partial charge in [0.25, 0.3) is 5.91 Å². The number of amides is 1. The van der Waals surface area contributed by atoms with Gasteiger partial charge in [-0.25, -0.2) is 9.37 Å². The zero-order chi connectivity index (χ0) is 17.1. The molecule has 0 aliphatic carbocycles. The molecule has 0 N–H and O–H groups in total. The first kappa shape index (κ1) is 15.9. The van der Waals surface area contributed by atoms with Crippen molar-refractivity contribution >= 4 is 5.91 Å². The van der Waals surface area contributed by atoms with E-state index in [0.29, 0.717) is 23.9 Å². The maximum absolute atomic E-state index is 13.0. The molecule has 4 nitrogen and oxygen atoms in total. The molecule has 122 valence electrons. The molecule has 0 saturated heterocycles. The Hall–Kier alpha value is -2.95. The van der Waals surface area contributed by atoms with Crippen molar-refractivity contribution in [2.45, 2.75) is 13.5 Å². The summed E-state index contributed by atoms with van der Waals surface area (Å²) in [5.74, 6) is 0.367. The van der Waals surface area contributed by atoms with Gasteiger partial charge in [-0.05, 0) is 36.8 Å². The summed E-state index contributed by atoms with van der Waals surface area (Å²) in [6, 6.07) is 15.5. The molecule has 1 aromatic heterocycles. The van der Waals surface area contributed by atoms with E-state index >= 15 is 0 Å². The Labute approximate surface area is 139 Å². The van der Waals surface area contributed by atoms with Crippen LogP contribution in [0, 0.1) is 12.7 Å². The molecule has 3 rings (SSSR count). The molecule has 0 aliphatic heterocycles. The van der Waals surface area contributed by atoms with Crippen LogP contribution in [0.15, 0.2) is 59.0 Å². The van der Waals surface area contributed by atoms with Crippen LogP contribution in [0.4, 0.5) is 4.39 Å². The Morgan fingerprint density at radius 1 is 1.12 bits per heavy atom. The smallest absolute Gasteiger partial charge is 0.276 e. The van der Waals surface area contributed by atoms with E-state index in [0.717, 1.165) is 11.1 Å². The third-order valence-corrected chi connectivity index (χ3v) is 3.70. The van der Waals surface area contributed by atoms with Gasteiger partial charge in [-0.1, -0.05) is 30.3 Å². The lowest BCUT2D eigenvalue weighted by Gasteiger charge is -2.16. The zero-order valence-electron chi connectivity index (χ0n) is 13.5. The van der Waals surface area contributed by atoms with E-state index in [-0.39, 0.29) is 11.7 Å². The zero-order valence-corrected chi connectivity index (χ0v) is 13.5. The van der Waals surface area contributed by atoms with Crippen molar-refractivity contribution in [1.82, 2.24) is 9.88 Å². The van der Waals surface area contributed by atoms with E-state index in [9.17, 15) is 9.18 Å². The largest absolute Gasteiger partial charge is 0.441 e. The fourth-order valence-electron chi connectivity index (χ4n) is 2.42. The maximum Gasteiger partial charge on any atom is 0.276 e. The monoisotopic (exact) mass is 324 g/mol. The summed E-state index contributed by atoms with van der Waals surface area (Å²) >= 11 is 0. The van der Waals surface area contributed by atoms with Gasteiger partial charge in [-0.3, -0.25) is 4.79 Å². The van der Waals surface area contributed by atoms with Gasteiger partial charge in [0.15, 0.2) is 5.69 Å². The van der Waals surface area contributed by atoms with Crippen LogP contribution in [0.25, 0.3) is 11.5 Å². The predicted octanol–water partition coefficient (Wildman–Crippen LogP) is 4.06. The van der Waals surface area contributed by atoms with Crippen LogP contribution < -0.4 is 0 Å². The highest BCUT2D eigenvalue weighted by Gasteiger charge is 2.21. The molecule has 0 bridgehead atoms. The standard InChI is InChI=1S/C19H17FN2O2/c1-13-17(21-18(24-13)15-6-4-3-5-7-15)19(23)22(2)12-14-8-10-16(20)11-9-14/h3-11H,12H2,1-2H3. The van der Waals surface area contributed by atoms with Crippen molar-refractivity contribution in [3.63, 3.8) is 0 Å². The number of oxazole rings is 1. The first-order valence-electron chi connectivity index (χ1n) is 7.57. The van der Waals surface area contributed by atoms with Gasteiger partial charge in [0.1, 0.15) is 11.6 Å². The Bertz CT molecular complexity index is 842. The van der Waals surface area contributed by atoms with Gasteiger partial charge >= 0.3 is 0 Å². The van der Waals surface area contributed by atoms with Crippen molar-refractivity contribution < 1.29 is 13.6 Å². The van der Waals surface area contributed by atoms with Gasteiger partial charge in [0, 0.05) is 19.2 Å². The van der Waals surface area contributed by atoms with Crippen LogP contribution in [0.1, 0.15) is 21.8 Å². The Balaban J connectivity index is 1.79. The van der Waals surface area contributed by atoms with Crippen molar-refractivity contribution in [3.8, 4) is 11.5 Å². The van der Waals surface area contributed by atoms with E-state index < -0.39 is 0 Å². The van der Waals surface area contributed by atoms with Crippen molar-refractivity contribution in [2.24, 2.45) is 0 Å². The Morgan fingerprint density at radius 3 is 2.46 bits per heavy atom. The van der Waals surface area contributed by atoms with E-state index in [1.54, 1.807) is 26.1 Å². The molecule has 0 aliphatic rings. The number of rotatable bonds is 4. The fourth-order valence-corrected chi connectivity index (χ4v) is 2.42. The minimum absolute atomic E-state index is 0.234. The normalized spacial score (nSPS) is 10.6. The minimum Gasteiger partial charge on any atom is -0.441 e. The summed E-state index contributed by atoms with van der Waals surface area (Å²) in [6.07, 6.45) is 0. The fraction of sp³-hybridized carbons (Fsp3) is 0.158. The second-order valence-electron chi connectivity index (χ2n) is 5.58. The van der Waals surface area contributed by atoms with Gasteiger partial charge < -0.3 is 9.32 Å². The molecule has 3 aromatic rings. The highest BCUT2D eigenvalue weighted by atomic mass is 19.1. The SMILES string of the molecule is Cc1oc(-c2ccccc2)nc1C(=O)N(C)Cc1ccc(F)cc1. The molecule has 0 saturated carbocycles. The lowest BCUT2D eigenvalue weighted by molar-refractivity contribution is 0.0778. The van der Waals surface area contributed by atoms with Gasteiger partial charge in [-0.15, -0.1) is 0 Å². The molecular formula is C19H17FN2O2. The minimum atomic E-state index is -0.299. The summed E-state index contributed by atoms with van der Waals surface area (Å²) in [4.78, 5) is 18.5. The summed E-state index contributed by atoms with van der Waals surface area (Å²) < 4.78 is 18.6. The number of halogens is 1. The van der Waals surface area contributed by atoms with Crippen LogP contribution in [0.5, 0.6) is 0 Å². The number of benzene rings is 2. The lowest BCUT2D eigenvalue weighted by Crippen LogP contribution is -2.27. The maximum atomic E-state index is 13.0. The molecule has 24 heavy (non-hydrogen) atoms. The van der Waals surface area contributed by atoms with Crippen molar-refractivity contribution in [1.29, 1.82) is 0 Å². The Kier molecular flexibility index (Phi) is 4.42. The van der Waals surface area contributed by atoms with Gasteiger partial charge in [-0.2, -0.15) is 0 Å². The summed E-state index contributed by atoms with van der Waals surface area (Å²) in [5, 5.41) is 0. The van der Waals surface area contributed by atoms with E-state index in [1.165, 1.54) is 17.0 Å². The molecule has 1 heterocycles. The molecule has 0 radical (unpaired) electrons.